The van der Waals surface area contributed by atoms with Crippen LogP contribution < -0.4 is 4.90 Å². The third kappa shape index (κ3) is 2.81. The van der Waals surface area contributed by atoms with E-state index < -0.39 is 10.8 Å². The van der Waals surface area contributed by atoms with Crippen molar-refractivity contribution in [3.05, 3.63) is 76.4 Å². The summed E-state index contributed by atoms with van der Waals surface area (Å²) in [6, 6.07) is 16.0. The molecule has 1 unspecified atom stereocenters. The van der Waals surface area contributed by atoms with Gasteiger partial charge in [0.1, 0.15) is 6.07 Å². The monoisotopic (exact) mass is 384 g/mol. The Balaban J connectivity index is 1.85. The van der Waals surface area contributed by atoms with Gasteiger partial charge in [-0.25, -0.2) is 0 Å². The standard InChI is InChI=1S/C25H24N2O2/c1-16-9-10-18(11-17(16)2)14-27-21-8-6-5-7-20(21)25(23(27)29)12-19(13-26)22(28)24(3,4)15-25/h5-12H,14-15H2,1-4H3. The molecule has 4 nitrogen and oxygen atoms in total. The molecule has 0 aromatic heterocycles. The second-order valence-corrected chi connectivity index (χ2v) is 8.86. The fraction of sp³-hybridized carbons (Fsp3) is 0.320. The Morgan fingerprint density at radius 3 is 2.48 bits per heavy atom. The molecule has 0 bridgehead atoms. The van der Waals surface area contributed by atoms with Crippen LogP contribution in [0.1, 0.15) is 42.5 Å². The van der Waals surface area contributed by atoms with Crippen molar-refractivity contribution in [1.82, 2.24) is 0 Å². The number of carbonyl (C=O) groups excluding carboxylic acids is 2. The number of benzene rings is 2. The van der Waals surface area contributed by atoms with Crippen molar-refractivity contribution in [3.63, 3.8) is 0 Å². The van der Waals surface area contributed by atoms with Crippen LogP contribution in [0.15, 0.2) is 54.1 Å². The van der Waals surface area contributed by atoms with Crippen LogP contribution in [-0.2, 0) is 21.5 Å². The molecule has 4 heteroatoms. The van der Waals surface area contributed by atoms with Crippen LogP contribution in [0, 0.1) is 30.6 Å². The van der Waals surface area contributed by atoms with Crippen LogP contribution in [0.2, 0.25) is 0 Å². The van der Waals surface area contributed by atoms with Crippen molar-refractivity contribution < 1.29 is 9.59 Å². The SMILES string of the molecule is Cc1ccc(CN2C(=O)C3(C=C(C#N)C(=O)C(C)(C)C3)c3ccccc32)cc1C. The number of allylic oxidation sites excluding steroid dienone is 1. The molecule has 0 N–H and O–H groups in total. The summed E-state index contributed by atoms with van der Waals surface area (Å²) in [6.07, 6.45) is 1.98. The van der Waals surface area contributed by atoms with Crippen molar-refractivity contribution in [2.45, 2.75) is 46.1 Å². The van der Waals surface area contributed by atoms with Gasteiger partial charge < -0.3 is 4.90 Å². The molecular formula is C25H24N2O2. The van der Waals surface area contributed by atoms with Crippen molar-refractivity contribution in [2.75, 3.05) is 4.90 Å². The number of fused-ring (bicyclic) bond motifs is 2. The minimum absolute atomic E-state index is 0.0646. The normalized spacial score (nSPS) is 22.4. The maximum Gasteiger partial charge on any atom is 0.241 e. The number of rotatable bonds is 2. The van der Waals surface area contributed by atoms with Gasteiger partial charge in [0.05, 0.1) is 17.5 Å². The summed E-state index contributed by atoms with van der Waals surface area (Å²) in [5, 5.41) is 9.57. The summed E-state index contributed by atoms with van der Waals surface area (Å²) in [5.74, 6) is -0.256. The summed E-state index contributed by atoms with van der Waals surface area (Å²) in [4.78, 5) is 28.3. The molecule has 2 aliphatic rings. The number of anilines is 1. The van der Waals surface area contributed by atoms with Crippen molar-refractivity contribution in [1.29, 1.82) is 5.26 Å². The molecule has 146 valence electrons. The van der Waals surface area contributed by atoms with Gasteiger partial charge in [-0.15, -0.1) is 0 Å². The number of Topliss-reactive ketones (excluding diaryl/α,β-unsaturated/α-hetero) is 1. The Morgan fingerprint density at radius 2 is 1.79 bits per heavy atom. The van der Waals surface area contributed by atoms with Crippen LogP contribution >= 0.6 is 0 Å². The molecule has 1 amide bonds. The third-order valence-corrected chi connectivity index (χ3v) is 6.31. The van der Waals surface area contributed by atoms with Crippen LogP contribution in [0.25, 0.3) is 0 Å². The lowest BCUT2D eigenvalue weighted by Crippen LogP contribution is -2.47. The topological polar surface area (TPSA) is 61.2 Å². The van der Waals surface area contributed by atoms with Gasteiger partial charge in [0.2, 0.25) is 5.91 Å². The number of hydrogen-bond donors (Lipinski definition) is 0. The van der Waals surface area contributed by atoms with E-state index in [1.807, 2.05) is 50.2 Å². The van der Waals surface area contributed by atoms with Crippen molar-refractivity contribution in [2.24, 2.45) is 5.41 Å². The smallest absolute Gasteiger partial charge is 0.241 e. The fourth-order valence-electron chi connectivity index (χ4n) is 4.69. The number of nitriles is 1. The first-order chi connectivity index (χ1) is 13.7. The highest BCUT2D eigenvalue weighted by atomic mass is 16.2. The number of para-hydroxylation sites is 1. The summed E-state index contributed by atoms with van der Waals surface area (Å²) in [5.41, 5.74) is 3.52. The number of hydrogen-bond acceptors (Lipinski definition) is 3. The second-order valence-electron chi connectivity index (χ2n) is 8.86. The second kappa shape index (κ2) is 6.42. The van der Waals surface area contributed by atoms with Gasteiger partial charge in [-0.2, -0.15) is 5.26 Å². The maximum atomic E-state index is 13.8. The zero-order chi connectivity index (χ0) is 21.0. The van der Waals surface area contributed by atoms with Gasteiger partial charge in [0, 0.05) is 11.1 Å². The van der Waals surface area contributed by atoms with Crippen molar-refractivity contribution in [3.8, 4) is 6.07 Å². The molecule has 4 rings (SSSR count). The van der Waals surface area contributed by atoms with Crippen LogP contribution in [0.3, 0.4) is 0 Å². The fourth-order valence-corrected chi connectivity index (χ4v) is 4.69. The van der Waals surface area contributed by atoms with E-state index in [1.54, 1.807) is 11.0 Å². The highest BCUT2D eigenvalue weighted by Crippen LogP contribution is 2.52. The van der Waals surface area contributed by atoms with Crippen LogP contribution in [-0.4, -0.2) is 11.7 Å². The van der Waals surface area contributed by atoms with E-state index in [4.69, 9.17) is 0 Å². The minimum Gasteiger partial charge on any atom is -0.307 e. The summed E-state index contributed by atoms with van der Waals surface area (Å²) < 4.78 is 0. The first kappa shape index (κ1) is 19.1. The maximum absolute atomic E-state index is 13.8. The molecule has 1 spiro atoms. The molecule has 0 saturated heterocycles. The summed E-state index contributed by atoms with van der Waals surface area (Å²) in [6.45, 7) is 8.24. The molecule has 0 radical (unpaired) electrons. The van der Waals surface area contributed by atoms with Gasteiger partial charge in [-0.05, 0) is 54.7 Å². The molecule has 1 heterocycles. The van der Waals surface area contributed by atoms with Gasteiger partial charge in [0.15, 0.2) is 5.78 Å². The largest absolute Gasteiger partial charge is 0.307 e. The van der Waals surface area contributed by atoms with E-state index in [1.165, 1.54) is 11.1 Å². The first-order valence-corrected chi connectivity index (χ1v) is 9.85. The Labute approximate surface area is 171 Å². The highest BCUT2D eigenvalue weighted by Gasteiger charge is 2.56. The predicted molar refractivity (Wildman–Crippen MR) is 112 cm³/mol. The van der Waals surface area contributed by atoms with Crippen LogP contribution in [0.4, 0.5) is 5.69 Å². The Hall–Kier alpha value is -3.19. The van der Waals surface area contributed by atoms with Gasteiger partial charge in [-0.3, -0.25) is 9.59 Å². The van der Waals surface area contributed by atoms with E-state index >= 15 is 0 Å². The van der Waals surface area contributed by atoms with E-state index in [-0.39, 0.29) is 17.3 Å². The van der Waals surface area contributed by atoms with Crippen molar-refractivity contribution >= 4 is 17.4 Å². The highest BCUT2D eigenvalue weighted by molar-refractivity contribution is 6.14. The van der Waals surface area contributed by atoms with Crippen LogP contribution in [0.5, 0.6) is 0 Å². The number of ketones is 1. The molecule has 1 aliphatic carbocycles. The Kier molecular flexibility index (Phi) is 4.24. The zero-order valence-corrected chi connectivity index (χ0v) is 17.2. The van der Waals surface area contributed by atoms with Gasteiger partial charge in [0.25, 0.3) is 0 Å². The molecular weight excluding hydrogens is 360 g/mol. The lowest BCUT2D eigenvalue weighted by Gasteiger charge is -2.37. The first-order valence-electron chi connectivity index (χ1n) is 9.85. The number of carbonyl (C=O) groups is 2. The lowest BCUT2D eigenvalue weighted by molar-refractivity contribution is -0.128. The number of aryl methyl sites for hydroxylation is 2. The molecule has 1 atom stereocenters. The molecule has 29 heavy (non-hydrogen) atoms. The van der Waals surface area contributed by atoms with E-state index in [2.05, 4.69) is 26.0 Å². The van der Waals surface area contributed by atoms with E-state index in [0.29, 0.717) is 13.0 Å². The number of nitrogens with zero attached hydrogens (tertiary/aromatic N) is 2. The Morgan fingerprint density at radius 1 is 1.07 bits per heavy atom. The molecule has 2 aromatic rings. The molecule has 1 aliphatic heterocycles. The summed E-state index contributed by atoms with van der Waals surface area (Å²) >= 11 is 0. The summed E-state index contributed by atoms with van der Waals surface area (Å²) in [7, 11) is 0. The average molecular weight is 384 g/mol. The zero-order valence-electron chi connectivity index (χ0n) is 17.2. The third-order valence-electron chi connectivity index (χ3n) is 6.31. The Bertz CT molecular complexity index is 1120. The molecule has 0 saturated carbocycles. The van der Waals surface area contributed by atoms with Gasteiger partial charge >= 0.3 is 0 Å². The van der Waals surface area contributed by atoms with E-state index in [0.717, 1.165) is 16.8 Å². The molecule has 2 aromatic carbocycles. The average Bonchev–Trinajstić information content (AvgIpc) is 2.90. The van der Waals surface area contributed by atoms with E-state index in [9.17, 15) is 14.9 Å². The van der Waals surface area contributed by atoms with Gasteiger partial charge in [-0.1, -0.05) is 50.2 Å². The number of amides is 1. The minimum atomic E-state index is -0.973. The predicted octanol–water partition coefficient (Wildman–Crippen LogP) is 4.54. The quantitative estimate of drug-likeness (QED) is 0.764. The lowest BCUT2D eigenvalue weighted by atomic mass is 9.62. The molecule has 0 fully saturated rings.